The van der Waals surface area contributed by atoms with Crippen molar-refractivity contribution in [1.82, 2.24) is 15.5 Å². The van der Waals surface area contributed by atoms with Crippen molar-refractivity contribution in [3.05, 3.63) is 33.8 Å². The third kappa shape index (κ3) is 6.55. The monoisotopic (exact) mass is 422 g/mol. The lowest BCUT2D eigenvalue weighted by Crippen LogP contribution is -2.64. The Balaban J connectivity index is 1.91. The second-order valence-electron chi connectivity index (χ2n) is 8.89. The number of nitrogens with two attached hydrogens (primary N) is 1. The van der Waals surface area contributed by atoms with Crippen LogP contribution in [-0.4, -0.2) is 52.4 Å². The van der Waals surface area contributed by atoms with Gasteiger partial charge in [0.05, 0.1) is 6.61 Å². The molecule has 0 aromatic carbocycles. The quantitative estimate of drug-likeness (QED) is 0.273. The van der Waals surface area contributed by atoms with Crippen LogP contribution in [0.1, 0.15) is 50.3 Å². The number of piperidine rings is 1. The van der Waals surface area contributed by atoms with Crippen LogP contribution in [0, 0.1) is 0 Å². The van der Waals surface area contributed by atoms with Crippen LogP contribution in [0.5, 0.6) is 0 Å². The SMILES string of the molecule is CC1(C)CC(NC(=O)C=O)CC(C)(C)N1C/C(N)=C/NCCc1ccc(CO)s1. The number of hydrogen-bond acceptors (Lipinski definition) is 7. The van der Waals surface area contributed by atoms with Crippen LogP contribution in [-0.2, 0) is 22.6 Å². The van der Waals surface area contributed by atoms with Gasteiger partial charge in [0.1, 0.15) is 0 Å². The molecular weight excluding hydrogens is 388 g/mol. The van der Waals surface area contributed by atoms with Crippen LogP contribution in [0.4, 0.5) is 0 Å². The zero-order valence-electron chi connectivity index (χ0n) is 17.8. The van der Waals surface area contributed by atoms with Gasteiger partial charge < -0.3 is 21.5 Å². The number of rotatable bonds is 9. The van der Waals surface area contributed by atoms with Crippen LogP contribution < -0.4 is 16.4 Å². The highest BCUT2D eigenvalue weighted by molar-refractivity contribution is 7.11. The molecule has 1 aromatic rings. The van der Waals surface area contributed by atoms with Gasteiger partial charge in [-0.15, -0.1) is 11.3 Å². The smallest absolute Gasteiger partial charge is 0.284 e. The minimum Gasteiger partial charge on any atom is -0.400 e. The fourth-order valence-electron chi connectivity index (χ4n) is 4.35. The van der Waals surface area contributed by atoms with Crippen LogP contribution in [0.2, 0.25) is 0 Å². The average Bonchev–Trinajstić information content (AvgIpc) is 3.09. The van der Waals surface area contributed by atoms with E-state index in [-0.39, 0.29) is 23.7 Å². The summed E-state index contributed by atoms with van der Waals surface area (Å²) in [5, 5.41) is 15.2. The molecule has 0 saturated carbocycles. The van der Waals surface area contributed by atoms with E-state index in [1.807, 2.05) is 18.3 Å². The Kier molecular flexibility index (Phi) is 7.85. The molecule has 2 rings (SSSR count). The molecule has 8 heteroatoms. The number of thiophene rings is 1. The molecule has 0 bridgehead atoms. The van der Waals surface area contributed by atoms with Crippen LogP contribution in [0.15, 0.2) is 24.0 Å². The van der Waals surface area contributed by atoms with Gasteiger partial charge in [0.25, 0.3) is 5.91 Å². The Labute approximate surface area is 177 Å². The number of likely N-dealkylation sites (tertiary alicyclic amines) is 1. The Morgan fingerprint density at radius 2 is 1.90 bits per heavy atom. The van der Waals surface area contributed by atoms with Crippen molar-refractivity contribution in [2.24, 2.45) is 5.73 Å². The van der Waals surface area contributed by atoms with Crippen molar-refractivity contribution in [2.45, 2.75) is 70.7 Å². The number of aliphatic hydroxyl groups is 1. The van der Waals surface area contributed by atoms with E-state index >= 15 is 0 Å². The summed E-state index contributed by atoms with van der Waals surface area (Å²) in [5.74, 6) is -0.560. The average molecular weight is 423 g/mol. The second kappa shape index (κ2) is 9.73. The summed E-state index contributed by atoms with van der Waals surface area (Å²) in [6.07, 6.45) is 4.59. The van der Waals surface area contributed by atoms with Gasteiger partial charge >= 0.3 is 0 Å². The summed E-state index contributed by atoms with van der Waals surface area (Å²) >= 11 is 1.62. The third-order valence-electron chi connectivity index (χ3n) is 5.42. The predicted octanol–water partition coefficient (Wildman–Crippen LogP) is 1.51. The van der Waals surface area contributed by atoms with E-state index in [9.17, 15) is 9.59 Å². The number of nitrogens with one attached hydrogen (secondary N) is 2. The molecule has 1 fully saturated rings. The third-order valence-corrected chi connectivity index (χ3v) is 6.55. The molecule has 2 heterocycles. The standard InChI is InChI=1S/C21H34N4O3S/c1-20(2)9-16(24-19(28)14-27)10-21(3,4)25(20)12-15(22)11-23-8-7-17-5-6-18(13-26)29-17/h5-6,11,14,16,23,26H,7-10,12-13,22H2,1-4H3,(H,24,28)/b15-11-. The van der Waals surface area contributed by atoms with E-state index in [0.717, 1.165) is 36.4 Å². The maximum absolute atomic E-state index is 11.5. The van der Waals surface area contributed by atoms with E-state index in [0.29, 0.717) is 12.8 Å². The fraction of sp³-hybridized carbons (Fsp3) is 0.619. The van der Waals surface area contributed by atoms with Gasteiger partial charge in [-0.1, -0.05) is 0 Å². The molecule has 0 aliphatic carbocycles. The number of aliphatic hydroxyl groups excluding tert-OH is 1. The lowest BCUT2D eigenvalue weighted by molar-refractivity contribution is -0.133. The summed E-state index contributed by atoms with van der Waals surface area (Å²) in [7, 11) is 0. The summed E-state index contributed by atoms with van der Waals surface area (Å²) < 4.78 is 0. The van der Waals surface area contributed by atoms with Crippen molar-refractivity contribution in [3.63, 3.8) is 0 Å². The van der Waals surface area contributed by atoms with E-state index in [2.05, 4.69) is 43.2 Å². The maximum atomic E-state index is 11.5. The van der Waals surface area contributed by atoms with Crippen LogP contribution >= 0.6 is 11.3 Å². The van der Waals surface area contributed by atoms with Crippen LogP contribution in [0.25, 0.3) is 0 Å². The Bertz CT molecular complexity index is 724. The summed E-state index contributed by atoms with van der Waals surface area (Å²) in [6.45, 7) is 10.1. The van der Waals surface area contributed by atoms with Gasteiger partial charge in [-0.25, -0.2) is 0 Å². The molecule has 29 heavy (non-hydrogen) atoms. The van der Waals surface area contributed by atoms with E-state index in [1.165, 1.54) is 4.88 Å². The van der Waals surface area contributed by atoms with Gasteiger partial charge in [-0.2, -0.15) is 0 Å². The molecule has 0 unspecified atom stereocenters. The van der Waals surface area contributed by atoms with Crippen LogP contribution in [0.3, 0.4) is 0 Å². The zero-order chi connectivity index (χ0) is 21.7. The summed E-state index contributed by atoms with van der Waals surface area (Å²) in [6, 6.07) is 3.96. The molecule has 7 nitrogen and oxygen atoms in total. The first-order chi connectivity index (χ1) is 13.6. The van der Waals surface area contributed by atoms with Crippen molar-refractivity contribution in [2.75, 3.05) is 13.1 Å². The first-order valence-corrected chi connectivity index (χ1v) is 10.8. The Morgan fingerprint density at radius 1 is 1.28 bits per heavy atom. The normalized spacial score (nSPS) is 19.7. The van der Waals surface area contributed by atoms with Gasteiger partial charge in [-0.3, -0.25) is 14.5 Å². The highest BCUT2D eigenvalue weighted by Gasteiger charge is 2.45. The molecule has 0 atom stereocenters. The van der Waals surface area contributed by atoms with Gasteiger partial charge in [0, 0.05) is 51.9 Å². The van der Waals surface area contributed by atoms with Gasteiger partial charge in [-0.05, 0) is 59.1 Å². The fourth-order valence-corrected chi connectivity index (χ4v) is 5.23. The Morgan fingerprint density at radius 3 is 2.45 bits per heavy atom. The molecule has 1 aliphatic rings. The first-order valence-electron chi connectivity index (χ1n) is 9.97. The number of amides is 1. The minimum absolute atomic E-state index is 0.0353. The largest absolute Gasteiger partial charge is 0.400 e. The number of aldehydes is 1. The highest BCUT2D eigenvalue weighted by atomic mass is 32.1. The molecule has 0 radical (unpaired) electrons. The molecule has 1 aliphatic heterocycles. The molecule has 1 saturated heterocycles. The summed E-state index contributed by atoms with van der Waals surface area (Å²) in [4.78, 5) is 26.7. The zero-order valence-corrected chi connectivity index (χ0v) is 18.6. The summed E-state index contributed by atoms with van der Waals surface area (Å²) in [5.41, 5.74) is 6.69. The highest BCUT2D eigenvalue weighted by Crippen LogP contribution is 2.38. The minimum atomic E-state index is -0.560. The number of carbonyl (C=O) groups is 2. The predicted molar refractivity (Wildman–Crippen MR) is 116 cm³/mol. The lowest BCUT2D eigenvalue weighted by atomic mass is 9.76. The van der Waals surface area contributed by atoms with Crippen molar-refractivity contribution in [3.8, 4) is 0 Å². The topological polar surface area (TPSA) is 108 Å². The van der Waals surface area contributed by atoms with Gasteiger partial charge in [0.2, 0.25) is 6.29 Å². The Hall–Kier alpha value is -1.90. The molecule has 0 spiro atoms. The van der Waals surface area contributed by atoms with E-state index < -0.39 is 5.91 Å². The second-order valence-corrected chi connectivity index (χ2v) is 10.1. The van der Waals surface area contributed by atoms with Crippen molar-refractivity contribution >= 4 is 23.5 Å². The first kappa shape index (κ1) is 23.4. The molecule has 5 N–H and O–H groups in total. The lowest BCUT2D eigenvalue weighted by Gasteiger charge is -2.55. The number of hydrogen-bond donors (Lipinski definition) is 4. The van der Waals surface area contributed by atoms with Crippen molar-refractivity contribution < 1.29 is 14.7 Å². The number of carbonyl (C=O) groups excluding carboxylic acids is 2. The van der Waals surface area contributed by atoms with E-state index in [1.54, 1.807) is 11.3 Å². The van der Waals surface area contributed by atoms with Crippen molar-refractivity contribution in [1.29, 1.82) is 0 Å². The molecule has 162 valence electrons. The molecule has 1 aromatic heterocycles. The molecular formula is C21H34N4O3S. The van der Waals surface area contributed by atoms with E-state index in [4.69, 9.17) is 10.8 Å². The molecule has 1 amide bonds. The maximum Gasteiger partial charge on any atom is 0.284 e. The van der Waals surface area contributed by atoms with Gasteiger partial charge in [0.15, 0.2) is 0 Å². The number of nitrogens with zero attached hydrogens (tertiary/aromatic N) is 1.